The molecule has 21 heavy (non-hydrogen) atoms. The Balaban J connectivity index is 2.45. The number of hydrogen-bond donors (Lipinski definition) is 1. The molecule has 1 aliphatic heterocycles. The fourth-order valence-electron chi connectivity index (χ4n) is 1.79. The average molecular weight is 331 g/mol. The second-order valence-electron chi connectivity index (χ2n) is 4.87. The molecule has 112 valence electrons. The van der Waals surface area contributed by atoms with E-state index in [1.807, 2.05) is 0 Å². The summed E-state index contributed by atoms with van der Waals surface area (Å²) < 4.78 is 9.95. The molecule has 5 nitrogen and oxygen atoms in total. The third-order valence-electron chi connectivity index (χ3n) is 2.73. The van der Waals surface area contributed by atoms with Gasteiger partial charge in [-0.05, 0) is 23.8 Å². The van der Waals surface area contributed by atoms with E-state index in [2.05, 4.69) is 0 Å². The van der Waals surface area contributed by atoms with Crippen molar-refractivity contribution in [3.8, 4) is 0 Å². The van der Waals surface area contributed by atoms with Crippen molar-refractivity contribution >= 4 is 41.2 Å². The minimum atomic E-state index is -1.31. The maximum Gasteiger partial charge on any atom is 0.348 e. The van der Waals surface area contributed by atoms with E-state index in [4.69, 9.17) is 37.8 Å². The third kappa shape index (κ3) is 3.37. The zero-order valence-corrected chi connectivity index (χ0v) is 12.8. The van der Waals surface area contributed by atoms with Crippen LogP contribution in [0.2, 0.25) is 10.0 Å². The second kappa shape index (κ2) is 5.67. The van der Waals surface area contributed by atoms with Gasteiger partial charge in [0, 0.05) is 29.5 Å². The molecule has 0 bridgehead atoms. The van der Waals surface area contributed by atoms with Crippen LogP contribution in [0.25, 0.3) is 6.08 Å². The number of aliphatic hydroxyl groups is 1. The summed E-state index contributed by atoms with van der Waals surface area (Å²) in [7, 11) is 0. The average Bonchev–Trinajstić information content (AvgIpc) is 2.34. The van der Waals surface area contributed by atoms with Crippen LogP contribution in [0.4, 0.5) is 0 Å². The number of ether oxygens (including phenoxy) is 2. The van der Waals surface area contributed by atoms with Gasteiger partial charge >= 0.3 is 11.9 Å². The molecule has 1 aromatic carbocycles. The van der Waals surface area contributed by atoms with Crippen LogP contribution in [0.1, 0.15) is 25.0 Å². The van der Waals surface area contributed by atoms with Crippen LogP contribution < -0.4 is 0 Å². The molecule has 0 aromatic heterocycles. The smallest absolute Gasteiger partial charge is 0.348 e. The molecule has 1 aliphatic rings. The molecule has 1 fully saturated rings. The Morgan fingerprint density at radius 1 is 1.14 bits per heavy atom. The Labute approximate surface area is 131 Å². The Kier molecular flexibility index (Phi) is 4.27. The van der Waals surface area contributed by atoms with Crippen molar-refractivity contribution in [2.24, 2.45) is 0 Å². The van der Waals surface area contributed by atoms with Crippen molar-refractivity contribution in [1.82, 2.24) is 0 Å². The Hall–Kier alpha value is -1.56. The van der Waals surface area contributed by atoms with Crippen LogP contribution in [0, 0.1) is 0 Å². The van der Waals surface area contributed by atoms with E-state index in [0.29, 0.717) is 5.56 Å². The number of rotatable bonds is 2. The molecule has 0 spiro atoms. The number of halogens is 2. The molecule has 0 unspecified atom stereocenters. The van der Waals surface area contributed by atoms with Crippen LogP contribution in [-0.2, 0) is 25.7 Å². The van der Waals surface area contributed by atoms with Crippen molar-refractivity contribution in [3.63, 3.8) is 0 Å². The number of cyclic esters (lactones) is 2. The number of benzene rings is 1. The number of hydrogen-bond acceptors (Lipinski definition) is 5. The summed E-state index contributed by atoms with van der Waals surface area (Å²) >= 11 is 12.1. The van der Waals surface area contributed by atoms with Crippen LogP contribution in [-0.4, -0.2) is 22.8 Å². The van der Waals surface area contributed by atoms with E-state index in [9.17, 15) is 9.59 Å². The number of aliphatic hydroxyl groups excluding tert-OH is 1. The maximum absolute atomic E-state index is 11.9. The normalized spacial score (nSPS) is 17.3. The molecule has 1 saturated heterocycles. The van der Waals surface area contributed by atoms with Crippen molar-refractivity contribution in [2.45, 2.75) is 26.2 Å². The highest BCUT2D eigenvalue weighted by Crippen LogP contribution is 2.31. The third-order valence-corrected chi connectivity index (χ3v) is 3.35. The molecular formula is C14H12Cl2O5. The van der Waals surface area contributed by atoms with Crippen LogP contribution >= 0.6 is 23.2 Å². The van der Waals surface area contributed by atoms with Gasteiger partial charge in [-0.25, -0.2) is 9.59 Å². The monoisotopic (exact) mass is 330 g/mol. The Bertz CT molecular complexity index is 604. The Morgan fingerprint density at radius 3 is 2.05 bits per heavy atom. The van der Waals surface area contributed by atoms with Gasteiger partial charge in [0.05, 0.1) is 6.61 Å². The number of esters is 2. The molecule has 7 heteroatoms. The predicted octanol–water partition coefficient (Wildman–Crippen LogP) is 2.71. The molecule has 1 aromatic rings. The van der Waals surface area contributed by atoms with E-state index in [0.717, 1.165) is 0 Å². The topological polar surface area (TPSA) is 72.8 Å². The summed E-state index contributed by atoms with van der Waals surface area (Å²) in [6, 6.07) is 2.98. The molecule has 1 heterocycles. The lowest BCUT2D eigenvalue weighted by atomic mass is 10.1. The summed E-state index contributed by atoms with van der Waals surface area (Å²) in [6.45, 7) is 2.68. The number of carbonyl (C=O) groups excluding carboxylic acids is 2. The molecule has 0 radical (unpaired) electrons. The van der Waals surface area contributed by atoms with Gasteiger partial charge < -0.3 is 14.6 Å². The standard InChI is InChI=1S/C14H12Cl2O5/c1-14(2)20-12(18)9(13(19)21-14)5-8-10(15)3-7(6-17)4-11(8)16/h3-5,17H,6H2,1-2H3. The quantitative estimate of drug-likeness (QED) is 0.512. The largest absolute Gasteiger partial charge is 0.419 e. The van der Waals surface area contributed by atoms with Gasteiger partial charge in [-0.2, -0.15) is 0 Å². The first-order valence-corrected chi connectivity index (χ1v) is 6.76. The second-order valence-corrected chi connectivity index (χ2v) is 5.68. The van der Waals surface area contributed by atoms with E-state index < -0.39 is 17.7 Å². The van der Waals surface area contributed by atoms with Gasteiger partial charge in [-0.1, -0.05) is 23.2 Å². The first-order valence-electron chi connectivity index (χ1n) is 6.00. The van der Waals surface area contributed by atoms with Crippen LogP contribution in [0.3, 0.4) is 0 Å². The first-order chi connectivity index (χ1) is 9.73. The van der Waals surface area contributed by atoms with E-state index in [1.54, 1.807) is 0 Å². The van der Waals surface area contributed by atoms with E-state index in [1.165, 1.54) is 32.1 Å². The fraction of sp³-hybridized carbons (Fsp3) is 0.286. The predicted molar refractivity (Wildman–Crippen MR) is 76.6 cm³/mol. The van der Waals surface area contributed by atoms with Crippen molar-refractivity contribution in [1.29, 1.82) is 0 Å². The lowest BCUT2D eigenvalue weighted by molar-refractivity contribution is -0.222. The SMILES string of the molecule is CC1(C)OC(=O)C(=Cc2c(Cl)cc(CO)cc2Cl)C(=O)O1. The van der Waals surface area contributed by atoms with E-state index in [-0.39, 0.29) is 27.8 Å². The lowest BCUT2D eigenvalue weighted by Gasteiger charge is -2.29. The molecule has 0 aliphatic carbocycles. The van der Waals surface area contributed by atoms with Gasteiger partial charge in [-0.3, -0.25) is 0 Å². The molecule has 0 saturated carbocycles. The van der Waals surface area contributed by atoms with Crippen molar-refractivity contribution < 1.29 is 24.2 Å². The van der Waals surface area contributed by atoms with Crippen LogP contribution in [0.15, 0.2) is 17.7 Å². The first kappa shape index (κ1) is 15.8. The highest BCUT2D eigenvalue weighted by Gasteiger charge is 2.39. The minimum absolute atomic E-state index is 0.199. The molecular weight excluding hydrogens is 319 g/mol. The minimum Gasteiger partial charge on any atom is -0.419 e. The molecule has 0 atom stereocenters. The van der Waals surface area contributed by atoms with Gasteiger partial charge in [0.15, 0.2) is 0 Å². The summed E-state index contributed by atoms with van der Waals surface area (Å²) in [4.78, 5) is 23.7. The highest BCUT2D eigenvalue weighted by atomic mass is 35.5. The fourth-order valence-corrected chi connectivity index (χ4v) is 2.43. The van der Waals surface area contributed by atoms with Crippen LogP contribution in [0.5, 0.6) is 0 Å². The molecule has 2 rings (SSSR count). The molecule has 1 N–H and O–H groups in total. The maximum atomic E-state index is 11.9. The van der Waals surface area contributed by atoms with E-state index >= 15 is 0 Å². The Morgan fingerprint density at radius 2 is 1.62 bits per heavy atom. The summed E-state index contributed by atoms with van der Waals surface area (Å²) in [6.07, 6.45) is 1.21. The summed E-state index contributed by atoms with van der Waals surface area (Å²) in [5, 5.41) is 9.46. The highest BCUT2D eigenvalue weighted by molar-refractivity contribution is 6.37. The van der Waals surface area contributed by atoms with Gasteiger partial charge in [0.25, 0.3) is 5.79 Å². The number of carbonyl (C=O) groups is 2. The summed E-state index contributed by atoms with van der Waals surface area (Å²) in [5.74, 6) is -2.93. The zero-order chi connectivity index (χ0) is 15.8. The van der Waals surface area contributed by atoms with Crippen molar-refractivity contribution in [2.75, 3.05) is 0 Å². The van der Waals surface area contributed by atoms with Gasteiger partial charge in [0.2, 0.25) is 0 Å². The summed E-state index contributed by atoms with van der Waals surface area (Å²) in [5.41, 5.74) is 0.496. The van der Waals surface area contributed by atoms with Gasteiger partial charge in [-0.15, -0.1) is 0 Å². The molecule has 0 amide bonds. The zero-order valence-electron chi connectivity index (χ0n) is 11.3. The van der Waals surface area contributed by atoms with Crippen molar-refractivity contribution in [3.05, 3.63) is 38.9 Å². The van der Waals surface area contributed by atoms with Gasteiger partial charge in [0.1, 0.15) is 5.57 Å². The lowest BCUT2D eigenvalue weighted by Crippen LogP contribution is -2.41.